The zero-order valence-electron chi connectivity index (χ0n) is 16.2. The lowest BCUT2D eigenvalue weighted by Crippen LogP contribution is -2.43. The molecule has 0 aromatic carbocycles. The van der Waals surface area contributed by atoms with Gasteiger partial charge in [-0.1, -0.05) is 18.2 Å². The number of carbonyl (C=O) groups excluding carboxylic acids is 2. The molecule has 0 amide bonds. The van der Waals surface area contributed by atoms with E-state index in [-0.39, 0.29) is 41.8 Å². The Morgan fingerprint density at radius 1 is 1.39 bits per heavy atom. The summed E-state index contributed by atoms with van der Waals surface area (Å²) in [5.41, 5.74) is 0.878. The minimum absolute atomic E-state index is 0.0344. The Bertz CT molecular complexity index is 870. The summed E-state index contributed by atoms with van der Waals surface area (Å²) < 4.78 is 23.0. The molecule has 7 atom stereocenters. The van der Waals surface area contributed by atoms with Gasteiger partial charge in [-0.3, -0.25) is 0 Å². The van der Waals surface area contributed by atoms with Gasteiger partial charge in [0, 0.05) is 30.3 Å². The van der Waals surface area contributed by atoms with Crippen LogP contribution in [0.1, 0.15) is 33.1 Å². The highest BCUT2D eigenvalue weighted by Crippen LogP contribution is 2.62. The van der Waals surface area contributed by atoms with Crippen LogP contribution in [0.15, 0.2) is 35.1 Å². The van der Waals surface area contributed by atoms with Crippen LogP contribution in [0.3, 0.4) is 0 Å². The topological polar surface area (TPSA) is 91.3 Å². The van der Waals surface area contributed by atoms with Crippen molar-refractivity contribution in [3.8, 4) is 0 Å². The zero-order valence-corrected chi connectivity index (χ0v) is 16.2. The van der Waals surface area contributed by atoms with Crippen LogP contribution in [0.2, 0.25) is 0 Å². The molecule has 1 aliphatic carbocycles. The van der Waals surface area contributed by atoms with Crippen LogP contribution in [-0.2, 0) is 28.5 Å². The van der Waals surface area contributed by atoms with Crippen molar-refractivity contribution >= 4 is 11.9 Å². The Labute approximate surface area is 163 Å². The first-order valence-corrected chi connectivity index (χ1v) is 9.67. The Balaban J connectivity index is 1.71. The van der Waals surface area contributed by atoms with Gasteiger partial charge in [-0.05, 0) is 26.2 Å². The van der Waals surface area contributed by atoms with Crippen molar-refractivity contribution in [1.29, 1.82) is 0 Å². The van der Waals surface area contributed by atoms with Crippen molar-refractivity contribution in [2.45, 2.75) is 56.7 Å². The van der Waals surface area contributed by atoms with E-state index in [1.54, 1.807) is 0 Å². The molecular weight excluding hydrogens is 364 g/mol. The number of hydrogen-bond acceptors (Lipinski definition) is 7. The smallest absolute Gasteiger partial charge is 0.342 e. The molecule has 28 heavy (non-hydrogen) atoms. The molecule has 1 saturated carbocycles. The fourth-order valence-electron chi connectivity index (χ4n) is 5.79. The summed E-state index contributed by atoms with van der Waals surface area (Å²) in [4.78, 5) is 25.1. The van der Waals surface area contributed by atoms with Crippen molar-refractivity contribution in [2.24, 2.45) is 17.8 Å². The average Bonchev–Trinajstić information content (AvgIpc) is 3.22. The molecule has 4 heterocycles. The number of rotatable bonds is 2. The second kappa shape index (κ2) is 5.48. The van der Waals surface area contributed by atoms with Crippen molar-refractivity contribution in [3.05, 3.63) is 35.1 Å². The molecule has 0 radical (unpaired) electrons. The molecule has 3 fully saturated rings. The van der Waals surface area contributed by atoms with Crippen LogP contribution < -0.4 is 0 Å². The lowest BCUT2D eigenvalue weighted by atomic mass is 9.79. The van der Waals surface area contributed by atoms with E-state index in [1.165, 1.54) is 7.11 Å². The van der Waals surface area contributed by atoms with Crippen molar-refractivity contribution in [1.82, 2.24) is 0 Å². The Hall–Kier alpha value is -2.12. The van der Waals surface area contributed by atoms with Crippen LogP contribution in [-0.4, -0.2) is 47.8 Å². The van der Waals surface area contributed by atoms with E-state index in [4.69, 9.17) is 18.9 Å². The Morgan fingerprint density at radius 2 is 2.14 bits per heavy atom. The predicted octanol–water partition coefficient (Wildman–Crippen LogP) is 1.76. The maximum absolute atomic E-state index is 12.6. The van der Waals surface area contributed by atoms with Gasteiger partial charge in [-0.15, -0.1) is 0 Å². The first kappa shape index (κ1) is 17.9. The molecule has 1 unspecified atom stereocenters. The van der Waals surface area contributed by atoms with Gasteiger partial charge in [-0.25, -0.2) is 9.59 Å². The minimum Gasteiger partial charge on any atom is -0.488 e. The molecule has 150 valence electrons. The van der Waals surface area contributed by atoms with Gasteiger partial charge in [-0.2, -0.15) is 0 Å². The van der Waals surface area contributed by atoms with Gasteiger partial charge < -0.3 is 24.1 Å². The first-order chi connectivity index (χ1) is 13.2. The van der Waals surface area contributed by atoms with E-state index in [9.17, 15) is 14.7 Å². The van der Waals surface area contributed by atoms with E-state index in [0.29, 0.717) is 24.2 Å². The van der Waals surface area contributed by atoms with Crippen LogP contribution >= 0.6 is 0 Å². The van der Waals surface area contributed by atoms with E-state index in [0.717, 1.165) is 5.57 Å². The van der Waals surface area contributed by atoms with E-state index in [2.05, 4.69) is 6.58 Å². The Morgan fingerprint density at radius 3 is 2.82 bits per heavy atom. The predicted molar refractivity (Wildman–Crippen MR) is 95.5 cm³/mol. The molecule has 0 spiro atoms. The Kier molecular flexibility index (Phi) is 3.51. The van der Waals surface area contributed by atoms with Crippen LogP contribution in [0, 0.1) is 17.8 Å². The fourth-order valence-corrected chi connectivity index (χ4v) is 5.79. The van der Waals surface area contributed by atoms with Gasteiger partial charge in [0.05, 0.1) is 7.11 Å². The molecule has 7 nitrogen and oxygen atoms in total. The average molecular weight is 388 g/mol. The number of hydrogen-bond donors (Lipinski definition) is 1. The highest BCUT2D eigenvalue weighted by atomic mass is 16.7. The molecular formula is C21H24O7. The number of esters is 2. The largest absolute Gasteiger partial charge is 0.488 e. The van der Waals surface area contributed by atoms with Gasteiger partial charge >= 0.3 is 11.9 Å². The molecule has 0 aromatic rings. The maximum Gasteiger partial charge on any atom is 0.342 e. The third kappa shape index (κ3) is 2.12. The van der Waals surface area contributed by atoms with Crippen LogP contribution in [0.4, 0.5) is 0 Å². The first-order valence-electron chi connectivity index (χ1n) is 9.67. The molecule has 2 bridgehead atoms. The SMILES string of the molecule is C=C(C)[C@@H]1C/C=C2/C(=O)O[C@H]3C[C@@]4(C)OC5=C(C(=O)OC)C(O)(C1)O[C@H]5[C@H]4[C@@H]23. The highest BCUT2D eigenvalue weighted by Gasteiger charge is 2.71. The van der Waals surface area contributed by atoms with Crippen molar-refractivity contribution < 1.29 is 33.6 Å². The second-order valence-electron chi connectivity index (χ2n) is 8.81. The summed E-state index contributed by atoms with van der Waals surface area (Å²) in [7, 11) is 1.27. The number of allylic oxidation sites excluding steroid dienone is 2. The standard InChI is InChI=1S/C21H24O7/c1-9(2)10-5-6-11-13-12(26-18(11)22)8-20(3)14(13)16-17(27-20)15(19(23)25-4)21(24,7-10)28-16/h6,10,12-14,16,24H,1,5,7-8H2,2-4H3/b11-6+/t10-,12+,13+,14-,16+,20-,21?/m1/s1. The number of carbonyl (C=O) groups is 2. The summed E-state index contributed by atoms with van der Waals surface area (Å²) >= 11 is 0. The van der Waals surface area contributed by atoms with Gasteiger partial charge in [0.1, 0.15) is 29.1 Å². The van der Waals surface area contributed by atoms with Crippen LogP contribution in [0.5, 0.6) is 0 Å². The van der Waals surface area contributed by atoms with Gasteiger partial charge in [0.15, 0.2) is 0 Å². The van der Waals surface area contributed by atoms with Crippen molar-refractivity contribution in [2.75, 3.05) is 7.11 Å². The summed E-state index contributed by atoms with van der Waals surface area (Å²) in [6.45, 7) is 7.83. The highest BCUT2D eigenvalue weighted by molar-refractivity contribution is 5.93. The normalized spacial score (nSPS) is 47.4. The lowest BCUT2D eigenvalue weighted by Gasteiger charge is -2.34. The van der Waals surface area contributed by atoms with Gasteiger partial charge in [0.2, 0.25) is 5.79 Å². The summed E-state index contributed by atoms with van der Waals surface area (Å²) in [6.07, 6.45) is 2.17. The lowest BCUT2D eigenvalue weighted by molar-refractivity contribution is -0.203. The number of fused-ring (bicyclic) bond motifs is 1. The maximum atomic E-state index is 12.6. The quantitative estimate of drug-likeness (QED) is 0.569. The van der Waals surface area contributed by atoms with Crippen LogP contribution in [0.25, 0.3) is 0 Å². The third-order valence-electron chi connectivity index (χ3n) is 7.07. The number of methoxy groups -OCH3 is 1. The summed E-state index contributed by atoms with van der Waals surface area (Å²) in [5, 5.41) is 11.4. The molecule has 7 heteroatoms. The molecule has 4 aliphatic heterocycles. The zero-order chi connectivity index (χ0) is 20.0. The summed E-state index contributed by atoms with van der Waals surface area (Å²) in [6, 6.07) is 0. The monoisotopic (exact) mass is 388 g/mol. The molecule has 2 saturated heterocycles. The van der Waals surface area contributed by atoms with E-state index in [1.807, 2.05) is 19.9 Å². The van der Waals surface area contributed by atoms with E-state index >= 15 is 0 Å². The third-order valence-corrected chi connectivity index (χ3v) is 7.07. The number of ether oxygens (including phenoxy) is 4. The number of aliphatic hydroxyl groups is 1. The molecule has 5 rings (SSSR count). The minimum atomic E-state index is -1.81. The summed E-state index contributed by atoms with van der Waals surface area (Å²) in [5.74, 6) is -3.03. The van der Waals surface area contributed by atoms with Crippen molar-refractivity contribution in [3.63, 3.8) is 0 Å². The molecule has 1 N–H and O–H groups in total. The fraction of sp³-hybridized carbons (Fsp3) is 0.619. The van der Waals surface area contributed by atoms with Gasteiger partial charge in [0.25, 0.3) is 0 Å². The van der Waals surface area contributed by atoms with E-state index < -0.39 is 23.5 Å². The second-order valence-corrected chi connectivity index (χ2v) is 8.81. The molecule has 5 aliphatic rings. The molecule has 0 aromatic heterocycles.